The van der Waals surface area contributed by atoms with Gasteiger partial charge in [-0.3, -0.25) is 0 Å². The van der Waals surface area contributed by atoms with Crippen LogP contribution in [-0.2, 0) is 16.6 Å². The topological polar surface area (TPSA) is 105 Å². The summed E-state index contributed by atoms with van der Waals surface area (Å²) in [5.41, 5.74) is 4.60. The van der Waals surface area contributed by atoms with E-state index in [1.165, 1.54) is 23.5 Å². The Morgan fingerprint density at radius 2 is 1.81 bits per heavy atom. The molecule has 1 aromatic heterocycles. The van der Waals surface area contributed by atoms with Crippen molar-refractivity contribution >= 4 is 36.7 Å². The SMILES string of the molecule is Cc1c(O)c(C(C)C)c2sc(NCc3ccc(S(N)(=O)=O)cc3)nc2c1C. The summed E-state index contributed by atoms with van der Waals surface area (Å²) in [4.78, 5) is 4.80. The minimum Gasteiger partial charge on any atom is -0.507 e. The van der Waals surface area contributed by atoms with Crippen LogP contribution in [0.1, 0.15) is 42.0 Å². The largest absolute Gasteiger partial charge is 0.507 e. The van der Waals surface area contributed by atoms with Crippen LogP contribution in [-0.4, -0.2) is 18.5 Å². The quantitative estimate of drug-likeness (QED) is 0.595. The summed E-state index contributed by atoms with van der Waals surface area (Å²) in [6.45, 7) is 8.50. The van der Waals surface area contributed by atoms with Crippen LogP contribution in [0.2, 0.25) is 0 Å². The molecule has 0 atom stereocenters. The Morgan fingerprint density at radius 3 is 2.37 bits per heavy atom. The standard InChI is InChI=1S/C19H23N3O3S2/c1-10(2)15-17(23)12(4)11(3)16-18(15)26-19(22-16)21-9-13-5-7-14(8-6-13)27(20,24)25/h5-8,10,23H,9H2,1-4H3,(H,21,22)(H2,20,24,25). The van der Waals surface area contributed by atoms with Gasteiger partial charge in [0.1, 0.15) is 5.75 Å². The maximum Gasteiger partial charge on any atom is 0.238 e. The molecule has 0 aliphatic carbocycles. The van der Waals surface area contributed by atoms with Crippen LogP contribution < -0.4 is 10.5 Å². The highest BCUT2D eigenvalue weighted by Gasteiger charge is 2.20. The van der Waals surface area contributed by atoms with Gasteiger partial charge in [0.05, 0.1) is 15.1 Å². The fraction of sp³-hybridized carbons (Fsp3) is 0.316. The van der Waals surface area contributed by atoms with E-state index in [0.29, 0.717) is 12.3 Å². The van der Waals surface area contributed by atoms with E-state index < -0.39 is 10.0 Å². The van der Waals surface area contributed by atoms with Crippen molar-refractivity contribution in [2.75, 3.05) is 5.32 Å². The summed E-state index contributed by atoms with van der Waals surface area (Å²) in [6, 6.07) is 6.43. The molecule has 0 aliphatic heterocycles. The van der Waals surface area contributed by atoms with Gasteiger partial charge in [0, 0.05) is 12.1 Å². The van der Waals surface area contributed by atoms with Gasteiger partial charge >= 0.3 is 0 Å². The number of aryl methyl sites for hydroxylation is 1. The van der Waals surface area contributed by atoms with Crippen molar-refractivity contribution in [2.45, 2.75) is 45.1 Å². The normalized spacial score (nSPS) is 12.1. The van der Waals surface area contributed by atoms with Crippen molar-refractivity contribution in [3.05, 3.63) is 46.5 Å². The number of thiazole rings is 1. The van der Waals surface area contributed by atoms with E-state index in [1.807, 2.05) is 13.8 Å². The van der Waals surface area contributed by atoms with E-state index in [9.17, 15) is 13.5 Å². The van der Waals surface area contributed by atoms with Crippen molar-refractivity contribution in [1.29, 1.82) is 0 Å². The number of phenolic OH excluding ortho intramolecular Hbond substituents is 1. The maximum atomic E-state index is 11.3. The average molecular weight is 406 g/mol. The molecule has 0 saturated heterocycles. The molecule has 0 fully saturated rings. The molecule has 8 heteroatoms. The number of aromatic hydroxyl groups is 1. The van der Waals surface area contributed by atoms with Gasteiger partial charge in [-0.05, 0) is 48.6 Å². The second-order valence-corrected chi connectivity index (χ2v) is 9.47. The highest BCUT2D eigenvalue weighted by molar-refractivity contribution is 7.89. The van der Waals surface area contributed by atoms with Crippen LogP contribution in [0, 0.1) is 13.8 Å². The number of rotatable bonds is 5. The van der Waals surface area contributed by atoms with E-state index in [2.05, 4.69) is 19.2 Å². The van der Waals surface area contributed by atoms with Crippen molar-refractivity contribution in [1.82, 2.24) is 4.98 Å². The Morgan fingerprint density at radius 1 is 1.19 bits per heavy atom. The Labute approximate surface area is 163 Å². The molecule has 1 heterocycles. The summed E-state index contributed by atoms with van der Waals surface area (Å²) in [7, 11) is -3.68. The number of nitrogens with two attached hydrogens (primary N) is 1. The van der Waals surface area contributed by atoms with Gasteiger partial charge in [-0.25, -0.2) is 18.5 Å². The maximum absolute atomic E-state index is 11.3. The molecule has 3 rings (SSSR count). The summed E-state index contributed by atoms with van der Waals surface area (Å²) in [5, 5.41) is 19.7. The highest BCUT2D eigenvalue weighted by Crippen LogP contribution is 2.42. The lowest BCUT2D eigenvalue weighted by Gasteiger charge is -2.13. The predicted molar refractivity (Wildman–Crippen MR) is 110 cm³/mol. The Bertz CT molecular complexity index is 1100. The monoisotopic (exact) mass is 405 g/mol. The number of fused-ring (bicyclic) bond motifs is 1. The van der Waals surface area contributed by atoms with Crippen molar-refractivity contribution in [3.8, 4) is 5.75 Å². The molecule has 2 aromatic carbocycles. The number of nitrogens with zero attached hydrogens (tertiary/aromatic N) is 1. The van der Waals surface area contributed by atoms with Gasteiger partial charge in [0.2, 0.25) is 10.0 Å². The molecule has 0 saturated carbocycles. The number of primary sulfonamides is 1. The molecule has 0 spiro atoms. The van der Waals surface area contributed by atoms with Crippen molar-refractivity contribution in [3.63, 3.8) is 0 Å². The number of benzene rings is 2. The van der Waals surface area contributed by atoms with Crippen LogP contribution in [0.25, 0.3) is 10.2 Å². The molecule has 0 bridgehead atoms. The number of nitrogens with one attached hydrogen (secondary N) is 1. The second-order valence-electron chi connectivity index (χ2n) is 6.91. The number of hydrogen-bond acceptors (Lipinski definition) is 6. The van der Waals surface area contributed by atoms with Gasteiger partial charge in [-0.15, -0.1) is 0 Å². The molecule has 0 aliphatic rings. The minimum atomic E-state index is -3.68. The second kappa shape index (κ2) is 7.10. The molecule has 27 heavy (non-hydrogen) atoms. The number of phenols is 1. The van der Waals surface area contributed by atoms with E-state index in [0.717, 1.165) is 37.6 Å². The molecule has 4 N–H and O–H groups in total. The third-order valence-electron chi connectivity index (χ3n) is 4.67. The van der Waals surface area contributed by atoms with Crippen LogP contribution in [0.15, 0.2) is 29.2 Å². The molecule has 0 unspecified atom stereocenters. The van der Waals surface area contributed by atoms with Crippen molar-refractivity contribution in [2.24, 2.45) is 5.14 Å². The zero-order valence-electron chi connectivity index (χ0n) is 15.7. The van der Waals surface area contributed by atoms with E-state index in [1.54, 1.807) is 12.1 Å². The minimum absolute atomic E-state index is 0.0920. The lowest BCUT2D eigenvalue weighted by atomic mass is 9.96. The third kappa shape index (κ3) is 3.78. The van der Waals surface area contributed by atoms with E-state index >= 15 is 0 Å². The predicted octanol–water partition coefficient (Wildman–Crippen LogP) is 4.00. The number of anilines is 1. The first-order valence-corrected chi connectivity index (χ1v) is 10.9. The van der Waals surface area contributed by atoms with Gasteiger partial charge in [-0.1, -0.05) is 37.3 Å². The first-order chi connectivity index (χ1) is 12.6. The Hall–Kier alpha value is -2.16. The van der Waals surface area contributed by atoms with Crippen molar-refractivity contribution < 1.29 is 13.5 Å². The van der Waals surface area contributed by atoms with Gasteiger partial charge in [-0.2, -0.15) is 0 Å². The van der Waals surface area contributed by atoms with E-state index in [-0.39, 0.29) is 10.8 Å². The zero-order chi connectivity index (χ0) is 19.9. The van der Waals surface area contributed by atoms with Gasteiger partial charge < -0.3 is 10.4 Å². The van der Waals surface area contributed by atoms with Crippen LogP contribution in [0.3, 0.4) is 0 Å². The molecule has 6 nitrogen and oxygen atoms in total. The summed E-state index contributed by atoms with van der Waals surface area (Å²) in [5.74, 6) is 0.537. The number of hydrogen-bond donors (Lipinski definition) is 3. The summed E-state index contributed by atoms with van der Waals surface area (Å²) >= 11 is 1.52. The van der Waals surface area contributed by atoms with Gasteiger partial charge in [0.15, 0.2) is 5.13 Å². The molecule has 0 radical (unpaired) electrons. The Kier molecular flexibility index (Phi) is 5.16. The number of aromatic nitrogens is 1. The first-order valence-electron chi connectivity index (χ1n) is 8.57. The lowest BCUT2D eigenvalue weighted by molar-refractivity contribution is 0.462. The van der Waals surface area contributed by atoms with Crippen LogP contribution >= 0.6 is 11.3 Å². The first kappa shape index (κ1) is 19.6. The summed E-state index contributed by atoms with van der Waals surface area (Å²) < 4.78 is 23.7. The average Bonchev–Trinajstić information content (AvgIpc) is 3.01. The smallest absolute Gasteiger partial charge is 0.238 e. The van der Waals surface area contributed by atoms with Gasteiger partial charge in [0.25, 0.3) is 0 Å². The molecular formula is C19H23N3O3S2. The molecular weight excluding hydrogens is 382 g/mol. The molecule has 3 aromatic rings. The van der Waals surface area contributed by atoms with Crippen LogP contribution in [0.5, 0.6) is 5.75 Å². The zero-order valence-corrected chi connectivity index (χ0v) is 17.3. The molecule has 0 amide bonds. The number of sulfonamides is 1. The Balaban J connectivity index is 1.90. The fourth-order valence-corrected chi connectivity index (χ4v) is 4.74. The van der Waals surface area contributed by atoms with E-state index in [4.69, 9.17) is 10.1 Å². The summed E-state index contributed by atoms with van der Waals surface area (Å²) in [6.07, 6.45) is 0. The fourth-order valence-electron chi connectivity index (χ4n) is 3.01. The lowest BCUT2D eigenvalue weighted by Crippen LogP contribution is -2.12. The van der Waals surface area contributed by atoms with Crippen LogP contribution in [0.4, 0.5) is 5.13 Å². The highest BCUT2D eigenvalue weighted by atomic mass is 32.2. The third-order valence-corrected chi connectivity index (χ3v) is 6.65. The molecule has 144 valence electrons.